The molecule has 6 heteroatoms. The van der Waals surface area contributed by atoms with Crippen LogP contribution in [0.5, 0.6) is 0 Å². The highest BCUT2D eigenvalue weighted by molar-refractivity contribution is 6.09. The number of benzene rings is 2. The molecule has 28 heavy (non-hydrogen) atoms. The number of nitrogens with zero attached hydrogens (tertiary/aromatic N) is 3. The van der Waals surface area contributed by atoms with Gasteiger partial charge in [0.2, 0.25) is 0 Å². The van der Waals surface area contributed by atoms with E-state index in [2.05, 4.69) is 56.5 Å². The molecule has 2 heterocycles. The maximum absolute atomic E-state index is 7.90. The number of nitrogens with one attached hydrogen (secondary N) is 2. The molecule has 3 aromatic rings. The van der Waals surface area contributed by atoms with Crippen LogP contribution in [0.2, 0.25) is 0 Å². The average Bonchev–Trinajstić information content (AvgIpc) is 2.97. The van der Waals surface area contributed by atoms with Gasteiger partial charge in [0.05, 0.1) is 12.3 Å². The third-order valence-corrected chi connectivity index (χ3v) is 5.01. The Morgan fingerprint density at radius 1 is 1.18 bits per heavy atom. The predicted molar refractivity (Wildman–Crippen MR) is 110 cm³/mol. The van der Waals surface area contributed by atoms with E-state index >= 15 is 0 Å². The van der Waals surface area contributed by atoms with Gasteiger partial charge in [0, 0.05) is 30.6 Å². The van der Waals surface area contributed by atoms with Crippen LogP contribution in [0.15, 0.2) is 48.7 Å². The van der Waals surface area contributed by atoms with Gasteiger partial charge in [0.25, 0.3) is 0 Å². The fourth-order valence-electron chi connectivity index (χ4n) is 3.73. The van der Waals surface area contributed by atoms with Gasteiger partial charge in [-0.15, -0.1) is 10.2 Å². The van der Waals surface area contributed by atoms with E-state index in [0.717, 1.165) is 46.0 Å². The van der Waals surface area contributed by atoms with Crippen molar-refractivity contribution in [2.24, 2.45) is 0 Å². The van der Waals surface area contributed by atoms with E-state index in [1.54, 1.807) is 0 Å². The third-order valence-electron chi connectivity index (χ3n) is 5.01. The number of ether oxygens (including phenoxy) is 1. The van der Waals surface area contributed by atoms with E-state index < -0.39 is 0 Å². The van der Waals surface area contributed by atoms with Crippen LogP contribution in [0.1, 0.15) is 33.9 Å². The van der Waals surface area contributed by atoms with Gasteiger partial charge in [-0.1, -0.05) is 36.4 Å². The van der Waals surface area contributed by atoms with Gasteiger partial charge < -0.3 is 15.5 Å². The van der Waals surface area contributed by atoms with E-state index in [-0.39, 0.29) is 0 Å². The summed E-state index contributed by atoms with van der Waals surface area (Å²) in [6.07, 6.45) is 4.00. The Hall–Kier alpha value is -3.25. The minimum absolute atomic E-state index is 0.430. The quantitative estimate of drug-likeness (QED) is 0.672. The second-order valence-corrected chi connectivity index (χ2v) is 6.78. The lowest BCUT2D eigenvalue weighted by molar-refractivity contribution is 0.104. The normalized spacial score (nSPS) is 13.4. The molecule has 1 aliphatic rings. The van der Waals surface area contributed by atoms with Crippen molar-refractivity contribution in [1.29, 1.82) is 5.41 Å². The van der Waals surface area contributed by atoms with Gasteiger partial charge in [0.1, 0.15) is 12.4 Å². The SMILES string of the molecule is CN/C=C(\C=N)c1ccc2c(c1Cc1ccccc1)COCc1nnc(C)n1-2. The molecule has 1 aliphatic heterocycles. The topological polar surface area (TPSA) is 75.8 Å². The van der Waals surface area contributed by atoms with Gasteiger partial charge in [0.15, 0.2) is 5.82 Å². The van der Waals surface area contributed by atoms with Crippen LogP contribution in [-0.4, -0.2) is 28.0 Å². The Balaban J connectivity index is 1.95. The fraction of sp³-hybridized carbons (Fsp3) is 0.227. The zero-order valence-electron chi connectivity index (χ0n) is 16.1. The summed E-state index contributed by atoms with van der Waals surface area (Å²) >= 11 is 0. The number of aryl methyl sites for hydroxylation is 1. The van der Waals surface area contributed by atoms with Gasteiger partial charge in [-0.2, -0.15) is 0 Å². The van der Waals surface area contributed by atoms with Crippen molar-refractivity contribution in [2.75, 3.05) is 7.05 Å². The number of hydrogen-bond donors (Lipinski definition) is 2. The summed E-state index contributed by atoms with van der Waals surface area (Å²) in [5, 5.41) is 19.4. The van der Waals surface area contributed by atoms with Gasteiger partial charge in [-0.05, 0) is 36.1 Å². The lowest BCUT2D eigenvalue weighted by Gasteiger charge is -2.19. The van der Waals surface area contributed by atoms with Crippen molar-refractivity contribution in [3.63, 3.8) is 0 Å². The first-order chi connectivity index (χ1) is 13.7. The van der Waals surface area contributed by atoms with Crippen LogP contribution >= 0.6 is 0 Å². The van der Waals surface area contributed by atoms with Crippen LogP contribution in [0.3, 0.4) is 0 Å². The van der Waals surface area contributed by atoms with Crippen molar-refractivity contribution in [3.05, 3.63) is 82.6 Å². The second-order valence-electron chi connectivity index (χ2n) is 6.78. The Bertz CT molecular complexity index is 1040. The van der Waals surface area contributed by atoms with Crippen molar-refractivity contribution in [3.8, 4) is 5.69 Å². The minimum atomic E-state index is 0.430. The summed E-state index contributed by atoms with van der Waals surface area (Å²) in [7, 11) is 1.85. The monoisotopic (exact) mass is 373 g/mol. The van der Waals surface area contributed by atoms with E-state index in [4.69, 9.17) is 10.1 Å². The number of aromatic nitrogens is 3. The average molecular weight is 373 g/mol. The third kappa shape index (κ3) is 3.23. The number of allylic oxidation sites excluding steroid dienone is 1. The molecule has 0 bridgehead atoms. The van der Waals surface area contributed by atoms with Crippen LogP contribution in [0.4, 0.5) is 0 Å². The summed E-state index contributed by atoms with van der Waals surface area (Å²) in [5.41, 5.74) is 6.42. The molecule has 0 spiro atoms. The first-order valence-electron chi connectivity index (χ1n) is 9.29. The minimum Gasteiger partial charge on any atom is -0.393 e. The fourth-order valence-corrected chi connectivity index (χ4v) is 3.73. The van der Waals surface area contributed by atoms with Crippen LogP contribution < -0.4 is 5.32 Å². The second kappa shape index (κ2) is 7.78. The molecule has 0 aliphatic carbocycles. The molecular weight excluding hydrogens is 350 g/mol. The first-order valence-corrected chi connectivity index (χ1v) is 9.29. The largest absolute Gasteiger partial charge is 0.393 e. The van der Waals surface area contributed by atoms with Crippen LogP contribution in [0, 0.1) is 12.3 Å². The maximum Gasteiger partial charge on any atom is 0.163 e. The molecular formula is C22H23N5O. The molecule has 0 fully saturated rings. The molecule has 0 unspecified atom stereocenters. The van der Waals surface area contributed by atoms with Crippen LogP contribution in [-0.2, 0) is 24.4 Å². The van der Waals surface area contributed by atoms with E-state index in [9.17, 15) is 0 Å². The van der Waals surface area contributed by atoms with Gasteiger partial charge in [-0.25, -0.2) is 0 Å². The Morgan fingerprint density at radius 3 is 2.75 bits per heavy atom. The first kappa shape index (κ1) is 18.1. The predicted octanol–water partition coefficient (Wildman–Crippen LogP) is 3.41. The lowest BCUT2D eigenvalue weighted by Crippen LogP contribution is -2.09. The highest BCUT2D eigenvalue weighted by atomic mass is 16.5. The molecule has 6 nitrogen and oxygen atoms in total. The van der Waals surface area contributed by atoms with Crippen molar-refractivity contribution in [1.82, 2.24) is 20.1 Å². The summed E-state index contributed by atoms with van der Waals surface area (Å²) in [4.78, 5) is 0. The smallest absolute Gasteiger partial charge is 0.163 e. The van der Waals surface area contributed by atoms with Crippen molar-refractivity contribution < 1.29 is 4.74 Å². The summed E-state index contributed by atoms with van der Waals surface area (Å²) in [6.45, 7) is 2.89. The van der Waals surface area contributed by atoms with Crippen molar-refractivity contribution in [2.45, 2.75) is 26.6 Å². The van der Waals surface area contributed by atoms with Crippen LogP contribution in [0.25, 0.3) is 11.3 Å². The molecule has 0 atom stereocenters. The molecule has 4 rings (SSSR count). The maximum atomic E-state index is 7.90. The lowest BCUT2D eigenvalue weighted by atomic mass is 9.90. The summed E-state index contributed by atoms with van der Waals surface area (Å²) in [5.74, 6) is 1.66. The molecule has 0 amide bonds. The van der Waals surface area contributed by atoms with E-state index in [1.807, 2.05) is 26.2 Å². The Kier molecular flexibility index (Phi) is 5.04. The molecule has 0 saturated heterocycles. The molecule has 0 radical (unpaired) electrons. The highest BCUT2D eigenvalue weighted by Crippen LogP contribution is 2.32. The molecule has 2 N–H and O–H groups in total. The van der Waals surface area contributed by atoms with E-state index in [1.165, 1.54) is 11.8 Å². The Morgan fingerprint density at radius 2 is 2.00 bits per heavy atom. The molecule has 0 saturated carbocycles. The van der Waals surface area contributed by atoms with E-state index in [0.29, 0.717) is 13.2 Å². The number of rotatable bonds is 5. The zero-order valence-corrected chi connectivity index (χ0v) is 16.1. The molecule has 2 aromatic carbocycles. The van der Waals surface area contributed by atoms with Gasteiger partial charge >= 0.3 is 0 Å². The number of fused-ring (bicyclic) bond motifs is 3. The highest BCUT2D eigenvalue weighted by Gasteiger charge is 2.23. The summed E-state index contributed by atoms with van der Waals surface area (Å²) < 4.78 is 8.03. The van der Waals surface area contributed by atoms with Gasteiger partial charge in [-0.3, -0.25) is 4.57 Å². The number of hydrogen-bond acceptors (Lipinski definition) is 5. The zero-order chi connectivity index (χ0) is 19.5. The Labute approximate surface area is 164 Å². The molecule has 1 aromatic heterocycles. The standard InChI is InChI=1S/C22H23N5O/c1-15-25-26-22-14-28-13-20-19(10-16-6-4-3-5-7-16)18(17(11-23)12-24-2)8-9-21(20)27(15)22/h3-9,11-12,23-24H,10,13-14H2,1-2H3/b17-12+,23-11?. The van der Waals surface area contributed by atoms with Crippen molar-refractivity contribution >= 4 is 11.8 Å². The summed E-state index contributed by atoms with van der Waals surface area (Å²) in [6, 6.07) is 14.5. The molecule has 142 valence electrons.